The fourth-order valence-electron chi connectivity index (χ4n) is 2.64. The van der Waals surface area contributed by atoms with Crippen molar-refractivity contribution in [1.29, 1.82) is 5.41 Å². The Labute approximate surface area is 92.3 Å². The molecule has 1 saturated heterocycles. The zero-order chi connectivity index (χ0) is 10.8. The van der Waals surface area contributed by atoms with E-state index >= 15 is 0 Å². The van der Waals surface area contributed by atoms with E-state index in [1.165, 1.54) is 6.42 Å². The van der Waals surface area contributed by atoms with Crippen LogP contribution in [-0.4, -0.2) is 48.4 Å². The van der Waals surface area contributed by atoms with Crippen LogP contribution in [-0.2, 0) is 0 Å². The highest BCUT2D eigenvalue weighted by Gasteiger charge is 2.31. The van der Waals surface area contributed by atoms with E-state index in [4.69, 9.17) is 5.41 Å². The van der Waals surface area contributed by atoms with Crippen LogP contribution in [0.1, 0.15) is 25.7 Å². The smallest absolute Gasteiger partial charge is 0.114 e. The van der Waals surface area contributed by atoms with Gasteiger partial charge in [-0.05, 0) is 39.8 Å². The normalized spacial score (nSPS) is 28.1. The third kappa shape index (κ3) is 2.07. The first kappa shape index (κ1) is 10.7. The van der Waals surface area contributed by atoms with Crippen LogP contribution >= 0.6 is 0 Å². The van der Waals surface area contributed by atoms with E-state index in [0.717, 1.165) is 31.6 Å². The van der Waals surface area contributed by atoms with Gasteiger partial charge in [0.1, 0.15) is 5.84 Å². The van der Waals surface area contributed by atoms with E-state index in [1.54, 1.807) is 0 Å². The molecular weight excluding hydrogens is 186 g/mol. The van der Waals surface area contributed by atoms with Crippen LogP contribution in [0.15, 0.2) is 12.2 Å². The lowest BCUT2D eigenvalue weighted by Crippen LogP contribution is -2.52. The minimum atomic E-state index is 0.333. The maximum Gasteiger partial charge on any atom is 0.114 e. The van der Waals surface area contributed by atoms with Crippen molar-refractivity contribution < 1.29 is 0 Å². The standard InChI is InChI=1S/C12H21N3/c1-14(2)11-8-5-9-15(12(11)13)10-6-3-4-7-10/h3-4,10-11,13H,5-9H2,1-2H3. The van der Waals surface area contributed by atoms with Gasteiger partial charge in [0.25, 0.3) is 0 Å². The van der Waals surface area contributed by atoms with Gasteiger partial charge in [0.15, 0.2) is 0 Å². The Bertz CT molecular complexity index is 262. The third-order valence-electron chi connectivity index (χ3n) is 3.55. The Morgan fingerprint density at radius 3 is 2.60 bits per heavy atom. The summed E-state index contributed by atoms with van der Waals surface area (Å²) >= 11 is 0. The molecule has 0 spiro atoms. The average molecular weight is 207 g/mol. The largest absolute Gasteiger partial charge is 0.356 e. The molecule has 2 aliphatic rings. The monoisotopic (exact) mass is 207 g/mol. The first-order chi connectivity index (χ1) is 7.20. The summed E-state index contributed by atoms with van der Waals surface area (Å²) in [6.45, 7) is 1.08. The first-order valence-electron chi connectivity index (χ1n) is 5.86. The van der Waals surface area contributed by atoms with Gasteiger partial charge < -0.3 is 4.90 Å². The van der Waals surface area contributed by atoms with Crippen molar-refractivity contribution in [2.45, 2.75) is 37.8 Å². The van der Waals surface area contributed by atoms with E-state index in [9.17, 15) is 0 Å². The SMILES string of the molecule is CN(C)C1CCCN(C2CC=CC2)C1=N. The number of likely N-dealkylation sites (N-methyl/N-ethyl adjacent to an activating group) is 1. The van der Waals surface area contributed by atoms with Gasteiger partial charge in [-0.2, -0.15) is 0 Å². The Balaban J connectivity index is 2.02. The molecule has 0 radical (unpaired) electrons. The Kier molecular flexibility index (Phi) is 3.10. The van der Waals surface area contributed by atoms with Gasteiger partial charge >= 0.3 is 0 Å². The molecule has 3 heteroatoms. The van der Waals surface area contributed by atoms with Gasteiger partial charge in [-0.15, -0.1) is 0 Å². The van der Waals surface area contributed by atoms with Gasteiger partial charge in [-0.1, -0.05) is 12.2 Å². The number of rotatable bonds is 2. The van der Waals surface area contributed by atoms with Crippen molar-refractivity contribution in [2.24, 2.45) is 0 Å². The molecular formula is C12H21N3. The number of nitrogens with one attached hydrogen (secondary N) is 1. The summed E-state index contributed by atoms with van der Waals surface area (Å²) in [6, 6.07) is 0.902. The van der Waals surface area contributed by atoms with Crippen molar-refractivity contribution in [3.05, 3.63) is 12.2 Å². The zero-order valence-electron chi connectivity index (χ0n) is 9.74. The third-order valence-corrected chi connectivity index (χ3v) is 3.55. The molecule has 0 aromatic carbocycles. The van der Waals surface area contributed by atoms with Crippen LogP contribution < -0.4 is 0 Å². The van der Waals surface area contributed by atoms with E-state index in [1.807, 2.05) is 0 Å². The second-order valence-electron chi connectivity index (χ2n) is 4.80. The predicted molar refractivity (Wildman–Crippen MR) is 63.3 cm³/mol. The van der Waals surface area contributed by atoms with Crippen LogP contribution in [0.2, 0.25) is 0 Å². The summed E-state index contributed by atoms with van der Waals surface area (Å²) in [5.74, 6) is 0.833. The summed E-state index contributed by atoms with van der Waals surface area (Å²) in [5, 5.41) is 8.25. The zero-order valence-corrected chi connectivity index (χ0v) is 9.74. The van der Waals surface area contributed by atoms with E-state index < -0.39 is 0 Å². The second-order valence-corrected chi connectivity index (χ2v) is 4.80. The lowest BCUT2D eigenvalue weighted by atomic mass is 10.0. The molecule has 1 heterocycles. The van der Waals surface area contributed by atoms with Gasteiger partial charge in [-0.25, -0.2) is 0 Å². The van der Waals surface area contributed by atoms with Crippen molar-refractivity contribution in [1.82, 2.24) is 9.80 Å². The summed E-state index contributed by atoms with van der Waals surface area (Å²) in [7, 11) is 4.16. The lowest BCUT2D eigenvalue weighted by Gasteiger charge is -2.41. The molecule has 1 atom stereocenters. The molecule has 0 saturated carbocycles. The number of hydrogen-bond donors (Lipinski definition) is 1. The predicted octanol–water partition coefficient (Wildman–Crippen LogP) is 1.71. The number of nitrogens with zero attached hydrogens (tertiary/aromatic N) is 2. The van der Waals surface area contributed by atoms with Gasteiger partial charge in [0, 0.05) is 12.6 Å². The quantitative estimate of drug-likeness (QED) is 0.699. The van der Waals surface area contributed by atoms with Crippen LogP contribution in [0.3, 0.4) is 0 Å². The molecule has 2 rings (SSSR count). The molecule has 1 fully saturated rings. The van der Waals surface area contributed by atoms with Crippen molar-refractivity contribution in [2.75, 3.05) is 20.6 Å². The molecule has 1 aliphatic heterocycles. The summed E-state index contributed by atoms with van der Waals surface area (Å²) in [6.07, 6.45) is 9.11. The van der Waals surface area contributed by atoms with Crippen LogP contribution in [0.5, 0.6) is 0 Å². The fourth-order valence-corrected chi connectivity index (χ4v) is 2.64. The van der Waals surface area contributed by atoms with Crippen molar-refractivity contribution in [3.8, 4) is 0 Å². The number of piperidine rings is 1. The van der Waals surface area contributed by atoms with E-state index in [0.29, 0.717) is 12.1 Å². The molecule has 84 valence electrons. The molecule has 0 amide bonds. The minimum Gasteiger partial charge on any atom is -0.356 e. The highest BCUT2D eigenvalue weighted by Crippen LogP contribution is 2.24. The van der Waals surface area contributed by atoms with Crippen molar-refractivity contribution >= 4 is 5.84 Å². The lowest BCUT2D eigenvalue weighted by molar-refractivity contribution is 0.223. The molecule has 0 aromatic rings. The molecule has 0 aromatic heterocycles. The van der Waals surface area contributed by atoms with Crippen LogP contribution in [0.4, 0.5) is 0 Å². The maximum atomic E-state index is 8.25. The topological polar surface area (TPSA) is 30.3 Å². The Morgan fingerprint density at radius 2 is 2.00 bits per heavy atom. The summed E-state index contributed by atoms with van der Waals surface area (Å²) < 4.78 is 0. The van der Waals surface area contributed by atoms with E-state index in [-0.39, 0.29) is 0 Å². The summed E-state index contributed by atoms with van der Waals surface area (Å²) in [5.41, 5.74) is 0. The molecule has 1 N–H and O–H groups in total. The highest BCUT2D eigenvalue weighted by molar-refractivity contribution is 5.85. The minimum absolute atomic E-state index is 0.333. The van der Waals surface area contributed by atoms with Crippen molar-refractivity contribution in [3.63, 3.8) is 0 Å². The molecule has 15 heavy (non-hydrogen) atoms. The average Bonchev–Trinajstić information content (AvgIpc) is 2.70. The Hall–Kier alpha value is -0.830. The molecule has 3 nitrogen and oxygen atoms in total. The molecule has 1 aliphatic carbocycles. The first-order valence-corrected chi connectivity index (χ1v) is 5.86. The van der Waals surface area contributed by atoms with E-state index in [2.05, 4.69) is 36.0 Å². The van der Waals surface area contributed by atoms with Gasteiger partial charge in [0.2, 0.25) is 0 Å². The number of hydrogen-bond acceptors (Lipinski definition) is 2. The Morgan fingerprint density at radius 1 is 1.33 bits per heavy atom. The van der Waals surface area contributed by atoms with Gasteiger partial charge in [0.05, 0.1) is 6.04 Å². The number of likely N-dealkylation sites (tertiary alicyclic amines) is 1. The van der Waals surface area contributed by atoms with Crippen LogP contribution in [0.25, 0.3) is 0 Å². The molecule has 1 unspecified atom stereocenters. The molecule has 0 bridgehead atoms. The fraction of sp³-hybridized carbons (Fsp3) is 0.750. The number of amidine groups is 1. The van der Waals surface area contributed by atoms with Crippen LogP contribution in [0, 0.1) is 5.41 Å². The van der Waals surface area contributed by atoms with Gasteiger partial charge in [-0.3, -0.25) is 10.3 Å². The second kappa shape index (κ2) is 4.35. The maximum absolute atomic E-state index is 8.25. The summed E-state index contributed by atoms with van der Waals surface area (Å²) in [4.78, 5) is 4.49. The highest BCUT2D eigenvalue weighted by atomic mass is 15.3.